The lowest BCUT2D eigenvalue weighted by Crippen LogP contribution is -2.49. The van der Waals surface area contributed by atoms with Crippen molar-refractivity contribution >= 4 is 5.97 Å². The maximum atomic E-state index is 11.7. The number of rotatable bonds is 0. The zero-order valence-corrected chi connectivity index (χ0v) is 11.1. The lowest BCUT2D eigenvalue weighted by atomic mass is 9.54. The van der Waals surface area contributed by atoms with E-state index < -0.39 is 0 Å². The van der Waals surface area contributed by atoms with Crippen LogP contribution in [0.4, 0.5) is 0 Å². The topological polar surface area (TPSA) is 38.8 Å². The first-order valence-electron chi connectivity index (χ1n) is 7.02. The molecule has 18 heavy (non-hydrogen) atoms. The largest absolute Gasteiger partial charge is 0.458 e. The molecular weight excluding hydrogens is 228 g/mol. The average Bonchev–Trinajstić information content (AvgIpc) is 2.91. The summed E-state index contributed by atoms with van der Waals surface area (Å²) in [6.07, 6.45) is 4.89. The van der Waals surface area contributed by atoms with E-state index in [1.807, 2.05) is 0 Å². The van der Waals surface area contributed by atoms with Crippen molar-refractivity contribution < 1.29 is 14.3 Å². The van der Waals surface area contributed by atoms with Gasteiger partial charge in [-0.3, -0.25) is 0 Å². The molecule has 3 heteroatoms. The fourth-order valence-electron chi connectivity index (χ4n) is 4.88. The number of hydrogen-bond acceptors (Lipinski definition) is 3. The second-order valence-electron chi connectivity index (χ2n) is 7.05. The molecule has 2 heterocycles. The summed E-state index contributed by atoms with van der Waals surface area (Å²) in [6.45, 7) is 8.53. The number of hydrogen-bond donors (Lipinski definition) is 0. The molecule has 6 atom stereocenters. The Morgan fingerprint density at radius 3 is 2.94 bits per heavy atom. The van der Waals surface area contributed by atoms with Gasteiger partial charge in [-0.25, -0.2) is 4.79 Å². The minimum Gasteiger partial charge on any atom is -0.458 e. The molecule has 4 fully saturated rings. The Kier molecular flexibility index (Phi) is 1.84. The van der Waals surface area contributed by atoms with Crippen LogP contribution in [0.25, 0.3) is 0 Å². The highest BCUT2D eigenvalue weighted by atomic mass is 16.6. The van der Waals surface area contributed by atoms with Crippen molar-refractivity contribution in [2.45, 2.75) is 57.3 Å². The van der Waals surface area contributed by atoms with Gasteiger partial charge in [-0.1, -0.05) is 13.5 Å². The molecule has 1 unspecified atom stereocenters. The molecule has 3 nitrogen and oxygen atoms in total. The Morgan fingerprint density at radius 2 is 2.17 bits per heavy atom. The highest BCUT2D eigenvalue weighted by Gasteiger charge is 2.68. The predicted molar refractivity (Wildman–Crippen MR) is 65.9 cm³/mol. The maximum Gasteiger partial charge on any atom is 0.334 e. The van der Waals surface area contributed by atoms with Crippen LogP contribution >= 0.6 is 0 Å². The Hall–Kier alpha value is -0.830. The number of ether oxygens (including phenoxy) is 2. The van der Waals surface area contributed by atoms with Crippen LogP contribution in [0.2, 0.25) is 0 Å². The molecule has 0 amide bonds. The van der Waals surface area contributed by atoms with E-state index in [1.165, 1.54) is 6.42 Å². The Morgan fingerprint density at radius 1 is 1.39 bits per heavy atom. The van der Waals surface area contributed by atoms with Gasteiger partial charge in [0.15, 0.2) is 0 Å². The summed E-state index contributed by atoms with van der Waals surface area (Å²) in [7, 11) is 0. The number of carbonyl (C=O) groups excluding carboxylic acids is 1. The molecule has 0 aromatic rings. The third-order valence-corrected chi connectivity index (χ3v) is 6.06. The minimum atomic E-state index is -0.175. The molecule has 2 saturated carbocycles. The van der Waals surface area contributed by atoms with Gasteiger partial charge >= 0.3 is 5.97 Å². The Balaban J connectivity index is 1.69. The molecule has 4 aliphatic rings. The molecule has 0 spiro atoms. The number of fused-ring (bicyclic) bond motifs is 4. The summed E-state index contributed by atoms with van der Waals surface area (Å²) in [6, 6.07) is 0. The summed E-state index contributed by atoms with van der Waals surface area (Å²) >= 11 is 0. The molecule has 4 rings (SSSR count). The molecule has 2 saturated heterocycles. The number of esters is 1. The van der Waals surface area contributed by atoms with Crippen LogP contribution in [-0.2, 0) is 14.3 Å². The molecule has 0 radical (unpaired) electrons. The van der Waals surface area contributed by atoms with Crippen molar-refractivity contribution in [1.82, 2.24) is 0 Å². The quantitative estimate of drug-likeness (QED) is 0.375. The fourth-order valence-corrected chi connectivity index (χ4v) is 4.88. The van der Waals surface area contributed by atoms with Gasteiger partial charge in [0.25, 0.3) is 0 Å². The molecule has 0 bridgehead atoms. The maximum absolute atomic E-state index is 11.7. The van der Waals surface area contributed by atoms with Gasteiger partial charge in [0.05, 0.1) is 11.7 Å². The van der Waals surface area contributed by atoms with E-state index >= 15 is 0 Å². The highest BCUT2D eigenvalue weighted by molar-refractivity contribution is 5.90. The first-order chi connectivity index (χ1) is 8.44. The standard InChI is InChI=1S/C15H20O3/c1-8-9-6-11-14(2,7-10(9)17-13(8)16)5-4-12-15(11,3)18-12/h9-12H,1,4-7H2,2-3H3/t9-,10-,11?,12-,14-,15+/m1/s1. The fraction of sp³-hybridized carbons (Fsp3) is 0.800. The first-order valence-corrected chi connectivity index (χ1v) is 7.02. The average molecular weight is 248 g/mol. The normalized spacial score (nSPS) is 57.4. The lowest BCUT2D eigenvalue weighted by Gasteiger charge is -2.49. The molecule has 2 aliphatic carbocycles. The molecule has 0 aromatic carbocycles. The highest BCUT2D eigenvalue weighted by Crippen LogP contribution is 2.65. The summed E-state index contributed by atoms with van der Waals surface area (Å²) < 4.78 is 11.4. The number of epoxide rings is 1. The third kappa shape index (κ3) is 1.16. The predicted octanol–water partition coefficient (Wildman–Crippen LogP) is 2.45. The molecule has 98 valence electrons. The van der Waals surface area contributed by atoms with Crippen LogP contribution in [0.5, 0.6) is 0 Å². The van der Waals surface area contributed by atoms with E-state index in [-0.39, 0.29) is 29.0 Å². The van der Waals surface area contributed by atoms with Crippen molar-refractivity contribution in [3.05, 3.63) is 12.2 Å². The lowest BCUT2D eigenvalue weighted by molar-refractivity contribution is -0.143. The van der Waals surface area contributed by atoms with Crippen molar-refractivity contribution in [3.8, 4) is 0 Å². The van der Waals surface area contributed by atoms with Crippen molar-refractivity contribution in [1.29, 1.82) is 0 Å². The van der Waals surface area contributed by atoms with E-state index in [0.717, 1.165) is 19.3 Å². The smallest absolute Gasteiger partial charge is 0.334 e. The Labute approximate surface area is 108 Å². The zero-order valence-electron chi connectivity index (χ0n) is 11.1. The van der Waals surface area contributed by atoms with Gasteiger partial charge in [0, 0.05) is 11.5 Å². The summed E-state index contributed by atoms with van der Waals surface area (Å²) in [5.41, 5.74) is 1.02. The molecule has 0 N–H and O–H groups in total. The van der Waals surface area contributed by atoms with Crippen molar-refractivity contribution in [3.63, 3.8) is 0 Å². The van der Waals surface area contributed by atoms with Crippen LogP contribution in [0.3, 0.4) is 0 Å². The Bertz CT molecular complexity index is 457. The second kappa shape index (κ2) is 3.01. The van der Waals surface area contributed by atoms with Crippen LogP contribution in [-0.4, -0.2) is 23.8 Å². The van der Waals surface area contributed by atoms with E-state index in [0.29, 0.717) is 17.6 Å². The number of carbonyl (C=O) groups is 1. The third-order valence-electron chi connectivity index (χ3n) is 6.06. The monoisotopic (exact) mass is 248 g/mol. The van der Waals surface area contributed by atoms with E-state index in [9.17, 15) is 4.79 Å². The van der Waals surface area contributed by atoms with Crippen molar-refractivity contribution in [2.24, 2.45) is 17.3 Å². The second-order valence-corrected chi connectivity index (χ2v) is 7.05. The van der Waals surface area contributed by atoms with Gasteiger partial charge in [0.2, 0.25) is 0 Å². The van der Waals surface area contributed by atoms with Gasteiger partial charge < -0.3 is 9.47 Å². The van der Waals surface area contributed by atoms with Gasteiger partial charge in [-0.2, -0.15) is 0 Å². The van der Waals surface area contributed by atoms with Gasteiger partial charge in [-0.15, -0.1) is 0 Å². The minimum absolute atomic E-state index is 0.0594. The molecule has 2 aliphatic heterocycles. The molecular formula is C15H20O3. The van der Waals surface area contributed by atoms with E-state index in [2.05, 4.69) is 20.4 Å². The SMILES string of the molecule is C=C1C(=O)O[C@@H]2C[C@@]3(C)CC[C@H]4O[C@@]4(C)C3C[C@H]12. The van der Waals surface area contributed by atoms with Gasteiger partial charge in [-0.05, 0) is 43.9 Å². The first kappa shape index (κ1) is 11.0. The van der Waals surface area contributed by atoms with Crippen LogP contribution in [0, 0.1) is 17.3 Å². The van der Waals surface area contributed by atoms with E-state index in [4.69, 9.17) is 9.47 Å². The van der Waals surface area contributed by atoms with Crippen LogP contribution < -0.4 is 0 Å². The molecule has 0 aromatic heterocycles. The van der Waals surface area contributed by atoms with Crippen LogP contribution in [0.1, 0.15) is 39.5 Å². The summed E-state index contributed by atoms with van der Waals surface area (Å²) in [5, 5.41) is 0. The van der Waals surface area contributed by atoms with Crippen LogP contribution in [0.15, 0.2) is 12.2 Å². The van der Waals surface area contributed by atoms with Gasteiger partial charge in [0.1, 0.15) is 6.10 Å². The van der Waals surface area contributed by atoms with Crippen molar-refractivity contribution in [2.75, 3.05) is 0 Å². The zero-order chi connectivity index (χ0) is 12.7. The summed E-state index contributed by atoms with van der Waals surface area (Å²) in [5.74, 6) is 0.609. The van der Waals surface area contributed by atoms with E-state index in [1.54, 1.807) is 0 Å². The summed E-state index contributed by atoms with van der Waals surface area (Å²) in [4.78, 5) is 11.7.